The molecule has 0 bridgehead atoms. The van der Waals surface area contributed by atoms with Gasteiger partial charge in [0.25, 0.3) is 5.91 Å². The summed E-state index contributed by atoms with van der Waals surface area (Å²) in [5, 5.41) is 3.44. The predicted molar refractivity (Wildman–Crippen MR) is 113 cm³/mol. The summed E-state index contributed by atoms with van der Waals surface area (Å²) in [4.78, 5) is 12.9. The first kappa shape index (κ1) is 19.7. The molecule has 29 heavy (non-hydrogen) atoms. The van der Waals surface area contributed by atoms with E-state index < -0.39 is 10.0 Å². The zero-order valence-electron chi connectivity index (χ0n) is 15.6. The molecule has 0 aliphatic carbocycles. The maximum absolute atomic E-state index is 12.7. The summed E-state index contributed by atoms with van der Waals surface area (Å²) in [5.41, 5.74) is 1.72. The van der Waals surface area contributed by atoms with Crippen LogP contribution in [0.5, 0.6) is 0 Å². The smallest absolute Gasteiger partial charge is 0.255 e. The van der Waals surface area contributed by atoms with E-state index in [0.717, 1.165) is 18.5 Å². The Bertz CT molecular complexity index is 1120. The van der Waals surface area contributed by atoms with Crippen molar-refractivity contribution in [3.05, 3.63) is 77.6 Å². The second-order valence-corrected chi connectivity index (χ2v) is 9.22. The number of halogens is 1. The van der Waals surface area contributed by atoms with Crippen molar-refractivity contribution in [1.29, 1.82) is 0 Å². The Morgan fingerprint density at radius 3 is 2.28 bits per heavy atom. The number of nitrogens with zero attached hydrogens (tertiary/aromatic N) is 2. The minimum atomic E-state index is -3.50. The van der Waals surface area contributed by atoms with Crippen LogP contribution in [0.4, 0.5) is 5.69 Å². The zero-order chi connectivity index (χ0) is 20.4. The Hall–Kier alpha value is -2.61. The molecule has 2 aromatic carbocycles. The fourth-order valence-corrected chi connectivity index (χ4v) is 5.05. The molecule has 1 aliphatic heterocycles. The van der Waals surface area contributed by atoms with E-state index in [4.69, 9.17) is 11.6 Å². The Morgan fingerprint density at radius 1 is 0.966 bits per heavy atom. The van der Waals surface area contributed by atoms with Crippen LogP contribution < -0.4 is 5.32 Å². The van der Waals surface area contributed by atoms with Gasteiger partial charge in [-0.05, 0) is 67.4 Å². The number of nitrogens with one attached hydrogen (secondary N) is 1. The lowest BCUT2D eigenvalue weighted by Crippen LogP contribution is -2.27. The molecule has 1 amide bonds. The fraction of sp³-hybridized carbons (Fsp3) is 0.190. The van der Waals surface area contributed by atoms with Crippen LogP contribution in [-0.2, 0) is 10.0 Å². The van der Waals surface area contributed by atoms with Crippen LogP contribution >= 0.6 is 11.6 Å². The summed E-state index contributed by atoms with van der Waals surface area (Å²) in [5.74, 6) is -0.328. The monoisotopic (exact) mass is 429 g/mol. The van der Waals surface area contributed by atoms with Crippen molar-refractivity contribution in [3.63, 3.8) is 0 Å². The van der Waals surface area contributed by atoms with E-state index in [9.17, 15) is 13.2 Å². The number of hydrogen-bond donors (Lipinski definition) is 1. The number of amides is 1. The summed E-state index contributed by atoms with van der Waals surface area (Å²) in [6.45, 7) is 1.09. The van der Waals surface area contributed by atoms with Crippen molar-refractivity contribution < 1.29 is 13.2 Å². The second-order valence-electron chi connectivity index (χ2n) is 6.84. The largest absolute Gasteiger partial charge is 0.322 e. The van der Waals surface area contributed by atoms with E-state index in [0.29, 0.717) is 29.4 Å². The highest BCUT2D eigenvalue weighted by Gasteiger charge is 2.27. The molecule has 1 saturated heterocycles. The normalized spacial score (nSPS) is 14.8. The molecule has 1 aromatic heterocycles. The highest BCUT2D eigenvalue weighted by molar-refractivity contribution is 7.89. The summed E-state index contributed by atoms with van der Waals surface area (Å²) >= 11 is 6.11. The van der Waals surface area contributed by atoms with Gasteiger partial charge in [0.05, 0.1) is 16.3 Å². The molecule has 0 spiro atoms. The van der Waals surface area contributed by atoms with Crippen molar-refractivity contribution in [2.75, 3.05) is 18.4 Å². The van der Waals surface area contributed by atoms with Gasteiger partial charge in [0, 0.05) is 36.1 Å². The van der Waals surface area contributed by atoms with E-state index in [1.54, 1.807) is 18.2 Å². The van der Waals surface area contributed by atoms with E-state index in [2.05, 4.69) is 5.32 Å². The molecule has 1 fully saturated rings. The van der Waals surface area contributed by atoms with Gasteiger partial charge in [0.1, 0.15) is 0 Å². The third kappa shape index (κ3) is 4.07. The molecule has 8 heteroatoms. The van der Waals surface area contributed by atoms with Gasteiger partial charge in [0.2, 0.25) is 10.0 Å². The van der Waals surface area contributed by atoms with Crippen LogP contribution in [0.2, 0.25) is 5.02 Å². The Morgan fingerprint density at radius 2 is 1.62 bits per heavy atom. The number of carbonyl (C=O) groups excluding carboxylic acids is 1. The molecular formula is C21H20ClN3O3S. The number of rotatable bonds is 5. The van der Waals surface area contributed by atoms with Gasteiger partial charge in [-0.2, -0.15) is 4.31 Å². The van der Waals surface area contributed by atoms with Gasteiger partial charge >= 0.3 is 0 Å². The predicted octanol–water partition coefficient (Wildman–Crippen LogP) is 4.17. The van der Waals surface area contributed by atoms with Crippen molar-refractivity contribution >= 4 is 33.2 Å². The summed E-state index contributed by atoms with van der Waals surface area (Å²) in [6, 6.07) is 15.0. The van der Waals surface area contributed by atoms with Crippen LogP contribution in [0.1, 0.15) is 23.2 Å². The standard InChI is InChI=1S/C21H20ClN3O3S/c22-17-7-10-19(20(15-17)24-11-1-2-12-24)23-21(26)16-5-8-18(9-6-16)29(27,28)25-13-3-4-14-25/h1-2,5-12,15H,3-4,13-14H2,(H,23,26). The molecule has 6 nitrogen and oxygen atoms in total. The first-order chi connectivity index (χ1) is 13.9. The summed E-state index contributed by atoms with van der Waals surface area (Å²) in [6.07, 6.45) is 5.48. The SMILES string of the molecule is O=C(Nc1ccc(Cl)cc1-n1cccc1)c1ccc(S(=O)(=O)N2CCCC2)cc1. The van der Waals surface area contributed by atoms with Gasteiger partial charge < -0.3 is 9.88 Å². The van der Waals surface area contributed by atoms with Crippen molar-refractivity contribution in [3.8, 4) is 5.69 Å². The van der Waals surface area contributed by atoms with Crippen LogP contribution in [-0.4, -0.2) is 36.3 Å². The lowest BCUT2D eigenvalue weighted by atomic mass is 10.2. The van der Waals surface area contributed by atoms with Crippen LogP contribution in [0.15, 0.2) is 71.9 Å². The lowest BCUT2D eigenvalue weighted by Gasteiger charge is -2.16. The third-order valence-electron chi connectivity index (χ3n) is 4.91. The van der Waals surface area contributed by atoms with Gasteiger partial charge in [-0.3, -0.25) is 4.79 Å². The highest BCUT2D eigenvalue weighted by atomic mass is 35.5. The molecule has 4 rings (SSSR count). The fourth-order valence-electron chi connectivity index (χ4n) is 3.37. The van der Waals surface area contributed by atoms with Crippen LogP contribution in [0.3, 0.4) is 0 Å². The lowest BCUT2D eigenvalue weighted by molar-refractivity contribution is 0.102. The molecule has 0 radical (unpaired) electrons. The minimum Gasteiger partial charge on any atom is -0.322 e. The average molecular weight is 430 g/mol. The summed E-state index contributed by atoms with van der Waals surface area (Å²) in [7, 11) is -3.50. The maximum atomic E-state index is 12.7. The molecular weight excluding hydrogens is 410 g/mol. The van der Waals surface area contributed by atoms with E-state index in [1.165, 1.54) is 28.6 Å². The Kier molecular flexibility index (Phi) is 5.45. The molecule has 2 heterocycles. The first-order valence-electron chi connectivity index (χ1n) is 9.29. The van der Waals surface area contributed by atoms with Gasteiger partial charge in [-0.15, -0.1) is 0 Å². The van der Waals surface area contributed by atoms with Gasteiger partial charge in [-0.25, -0.2) is 8.42 Å². The van der Waals surface area contributed by atoms with Crippen LogP contribution in [0, 0.1) is 0 Å². The Balaban J connectivity index is 1.56. The van der Waals surface area contributed by atoms with Crippen molar-refractivity contribution in [1.82, 2.24) is 8.87 Å². The minimum absolute atomic E-state index is 0.204. The van der Waals surface area contributed by atoms with E-state index >= 15 is 0 Å². The topological polar surface area (TPSA) is 71.4 Å². The molecule has 1 N–H and O–H groups in total. The van der Waals surface area contributed by atoms with Gasteiger partial charge in [-0.1, -0.05) is 11.6 Å². The van der Waals surface area contributed by atoms with Crippen LogP contribution in [0.25, 0.3) is 5.69 Å². The molecule has 0 atom stereocenters. The second kappa shape index (κ2) is 8.02. The number of hydrogen-bond acceptors (Lipinski definition) is 3. The molecule has 1 aliphatic rings. The zero-order valence-corrected chi connectivity index (χ0v) is 17.2. The number of benzene rings is 2. The van der Waals surface area contributed by atoms with Crippen molar-refractivity contribution in [2.45, 2.75) is 17.7 Å². The number of anilines is 1. The quantitative estimate of drug-likeness (QED) is 0.661. The number of sulfonamides is 1. The molecule has 150 valence electrons. The highest BCUT2D eigenvalue weighted by Crippen LogP contribution is 2.26. The number of aromatic nitrogens is 1. The molecule has 0 saturated carbocycles. The van der Waals surface area contributed by atoms with Gasteiger partial charge in [0.15, 0.2) is 0 Å². The van der Waals surface area contributed by atoms with E-state index in [1.807, 2.05) is 29.1 Å². The number of carbonyl (C=O) groups is 1. The Labute approximate surface area is 174 Å². The molecule has 3 aromatic rings. The molecule has 0 unspecified atom stereocenters. The third-order valence-corrected chi connectivity index (χ3v) is 7.06. The average Bonchev–Trinajstić information content (AvgIpc) is 3.44. The first-order valence-corrected chi connectivity index (χ1v) is 11.1. The summed E-state index contributed by atoms with van der Waals surface area (Å²) < 4.78 is 28.6. The van der Waals surface area contributed by atoms with E-state index in [-0.39, 0.29) is 10.8 Å². The maximum Gasteiger partial charge on any atom is 0.255 e. The van der Waals surface area contributed by atoms with Crippen molar-refractivity contribution in [2.24, 2.45) is 0 Å².